The molecule has 0 saturated heterocycles. The number of rotatable bonds is 11. The zero-order valence-corrected chi connectivity index (χ0v) is 14.9. The molecule has 0 amide bonds. The highest BCUT2D eigenvalue weighted by molar-refractivity contribution is 5.79. The number of aliphatic imine (C=N–C) groups is 1. The lowest BCUT2D eigenvalue weighted by molar-refractivity contribution is 0.145. The van der Waals surface area contributed by atoms with Gasteiger partial charge >= 0.3 is 0 Å². The summed E-state index contributed by atoms with van der Waals surface area (Å²) in [6.45, 7) is 8.68. The second kappa shape index (κ2) is 10.9. The second-order valence-corrected chi connectivity index (χ2v) is 5.93. The van der Waals surface area contributed by atoms with E-state index >= 15 is 0 Å². The largest absolute Gasteiger partial charge is 0.477 e. The summed E-state index contributed by atoms with van der Waals surface area (Å²) in [5.74, 6) is 2.25. The predicted octanol–water partition coefficient (Wildman–Crippen LogP) is 2.35. The van der Waals surface area contributed by atoms with E-state index in [0.29, 0.717) is 12.4 Å². The van der Waals surface area contributed by atoms with Gasteiger partial charge in [-0.15, -0.1) is 0 Å². The van der Waals surface area contributed by atoms with E-state index in [1.54, 1.807) is 6.20 Å². The average molecular weight is 334 g/mol. The molecule has 2 N–H and O–H groups in total. The van der Waals surface area contributed by atoms with Crippen molar-refractivity contribution in [3.8, 4) is 5.88 Å². The van der Waals surface area contributed by atoms with E-state index in [4.69, 9.17) is 9.47 Å². The zero-order chi connectivity index (χ0) is 17.0. The van der Waals surface area contributed by atoms with Crippen LogP contribution in [0.15, 0.2) is 23.3 Å². The third-order valence-corrected chi connectivity index (χ3v) is 3.69. The van der Waals surface area contributed by atoms with Gasteiger partial charge in [0, 0.05) is 38.6 Å². The fraction of sp³-hybridized carbons (Fsp3) is 0.667. The number of hydrogen-bond acceptors (Lipinski definition) is 4. The fourth-order valence-corrected chi connectivity index (χ4v) is 2.15. The smallest absolute Gasteiger partial charge is 0.213 e. The number of aromatic nitrogens is 1. The van der Waals surface area contributed by atoms with Crippen LogP contribution in [-0.2, 0) is 11.3 Å². The zero-order valence-electron chi connectivity index (χ0n) is 14.9. The van der Waals surface area contributed by atoms with E-state index in [9.17, 15) is 0 Å². The first-order valence-electron chi connectivity index (χ1n) is 8.99. The maximum atomic E-state index is 5.72. The minimum absolute atomic E-state index is 0.600. The van der Waals surface area contributed by atoms with Crippen molar-refractivity contribution in [2.24, 2.45) is 10.9 Å². The van der Waals surface area contributed by atoms with Crippen molar-refractivity contribution in [3.05, 3.63) is 23.9 Å². The quantitative estimate of drug-likeness (QED) is 0.369. The van der Waals surface area contributed by atoms with Crippen molar-refractivity contribution in [2.45, 2.75) is 39.7 Å². The normalized spacial score (nSPS) is 14.5. The van der Waals surface area contributed by atoms with Gasteiger partial charge in [-0.25, -0.2) is 9.98 Å². The monoisotopic (exact) mass is 334 g/mol. The molecular formula is C18H30N4O2. The lowest BCUT2D eigenvalue weighted by Crippen LogP contribution is -2.38. The molecule has 1 fully saturated rings. The van der Waals surface area contributed by atoms with Crippen molar-refractivity contribution in [2.75, 3.05) is 32.9 Å². The maximum Gasteiger partial charge on any atom is 0.213 e. The summed E-state index contributed by atoms with van der Waals surface area (Å²) < 4.78 is 11.1. The second-order valence-electron chi connectivity index (χ2n) is 5.93. The Labute approximate surface area is 145 Å². The lowest BCUT2D eigenvalue weighted by atomic mass is 10.3. The molecule has 0 spiro atoms. The van der Waals surface area contributed by atoms with Crippen LogP contribution in [0.1, 0.15) is 38.7 Å². The molecule has 1 aromatic rings. The summed E-state index contributed by atoms with van der Waals surface area (Å²) in [7, 11) is 0. The van der Waals surface area contributed by atoms with Gasteiger partial charge in [0.05, 0.1) is 13.2 Å². The molecule has 1 saturated carbocycles. The molecule has 2 rings (SSSR count). The van der Waals surface area contributed by atoms with Crippen LogP contribution in [-0.4, -0.2) is 43.9 Å². The molecule has 1 aliphatic carbocycles. The van der Waals surface area contributed by atoms with E-state index in [1.807, 2.05) is 19.1 Å². The van der Waals surface area contributed by atoms with Crippen LogP contribution in [0.4, 0.5) is 0 Å². The van der Waals surface area contributed by atoms with Crippen LogP contribution >= 0.6 is 0 Å². The highest BCUT2D eigenvalue weighted by Crippen LogP contribution is 2.29. The molecular weight excluding hydrogens is 304 g/mol. The van der Waals surface area contributed by atoms with Crippen LogP contribution in [0.25, 0.3) is 0 Å². The van der Waals surface area contributed by atoms with Gasteiger partial charge in [0.15, 0.2) is 5.96 Å². The van der Waals surface area contributed by atoms with E-state index in [-0.39, 0.29) is 0 Å². The molecule has 0 bridgehead atoms. The molecule has 0 atom stereocenters. The lowest BCUT2D eigenvalue weighted by Gasteiger charge is -2.11. The number of nitrogens with one attached hydrogen (secondary N) is 2. The molecule has 0 aromatic carbocycles. The van der Waals surface area contributed by atoms with Gasteiger partial charge in [0.2, 0.25) is 5.88 Å². The van der Waals surface area contributed by atoms with E-state index in [1.165, 1.54) is 12.8 Å². The molecule has 24 heavy (non-hydrogen) atoms. The number of hydrogen-bond donors (Lipinski definition) is 2. The first-order valence-corrected chi connectivity index (χ1v) is 8.99. The summed E-state index contributed by atoms with van der Waals surface area (Å²) in [5.41, 5.74) is 1.10. The van der Waals surface area contributed by atoms with Crippen LogP contribution in [0, 0.1) is 5.92 Å². The number of guanidine groups is 1. The molecule has 1 heterocycles. The molecule has 1 aliphatic rings. The summed E-state index contributed by atoms with van der Waals surface area (Å²) in [6.07, 6.45) is 5.32. The van der Waals surface area contributed by atoms with E-state index < -0.39 is 0 Å². The molecule has 0 unspecified atom stereocenters. The first-order chi connectivity index (χ1) is 11.8. The van der Waals surface area contributed by atoms with Crippen molar-refractivity contribution in [1.29, 1.82) is 0 Å². The van der Waals surface area contributed by atoms with Crippen molar-refractivity contribution in [3.63, 3.8) is 0 Å². The number of pyridine rings is 1. The van der Waals surface area contributed by atoms with Crippen LogP contribution in [0.5, 0.6) is 5.88 Å². The number of ether oxygens (including phenoxy) is 2. The first kappa shape index (κ1) is 18.5. The van der Waals surface area contributed by atoms with E-state index in [0.717, 1.165) is 56.8 Å². The number of nitrogens with zero attached hydrogens (tertiary/aromatic N) is 2. The molecule has 6 nitrogen and oxygen atoms in total. The van der Waals surface area contributed by atoms with Gasteiger partial charge in [-0.05, 0) is 50.7 Å². The summed E-state index contributed by atoms with van der Waals surface area (Å²) >= 11 is 0. The Morgan fingerprint density at radius 1 is 1.33 bits per heavy atom. The predicted molar refractivity (Wildman–Crippen MR) is 96.4 cm³/mol. The topological polar surface area (TPSA) is 67.8 Å². The van der Waals surface area contributed by atoms with Crippen molar-refractivity contribution >= 4 is 5.96 Å². The Hall–Kier alpha value is -1.82. The highest BCUT2D eigenvalue weighted by Gasteiger charge is 2.22. The summed E-state index contributed by atoms with van der Waals surface area (Å²) in [4.78, 5) is 8.89. The standard InChI is InChI=1S/C18H30N4O2/c1-3-19-18(21-9-5-11-23-4-2)22-13-16-8-10-20-17(12-16)24-14-15-6-7-15/h8,10,12,15H,3-7,9,11,13-14H2,1-2H3,(H2,19,21,22). The fourth-order valence-electron chi connectivity index (χ4n) is 2.15. The van der Waals surface area contributed by atoms with Crippen LogP contribution in [0.3, 0.4) is 0 Å². The molecule has 1 aromatic heterocycles. The Kier molecular flexibility index (Phi) is 8.38. The molecule has 0 radical (unpaired) electrons. The third kappa shape index (κ3) is 7.64. The Morgan fingerprint density at radius 3 is 2.96 bits per heavy atom. The SMILES string of the molecule is CCNC(=NCc1ccnc(OCC2CC2)c1)NCCCOCC. The maximum absolute atomic E-state index is 5.72. The van der Waals surface area contributed by atoms with E-state index in [2.05, 4.69) is 27.5 Å². The third-order valence-electron chi connectivity index (χ3n) is 3.69. The minimum Gasteiger partial charge on any atom is -0.477 e. The van der Waals surface area contributed by atoms with Crippen molar-refractivity contribution in [1.82, 2.24) is 15.6 Å². The van der Waals surface area contributed by atoms with Gasteiger partial charge in [0.1, 0.15) is 0 Å². The molecule has 6 heteroatoms. The Morgan fingerprint density at radius 2 is 2.21 bits per heavy atom. The van der Waals surface area contributed by atoms with Gasteiger partial charge in [-0.1, -0.05) is 0 Å². The minimum atomic E-state index is 0.600. The van der Waals surface area contributed by atoms with Gasteiger partial charge < -0.3 is 20.1 Å². The Balaban J connectivity index is 1.79. The van der Waals surface area contributed by atoms with Gasteiger partial charge in [0.25, 0.3) is 0 Å². The van der Waals surface area contributed by atoms with Crippen molar-refractivity contribution < 1.29 is 9.47 Å². The average Bonchev–Trinajstić information content (AvgIpc) is 3.42. The summed E-state index contributed by atoms with van der Waals surface area (Å²) in [5, 5.41) is 6.58. The van der Waals surface area contributed by atoms with Crippen LogP contribution in [0.2, 0.25) is 0 Å². The van der Waals surface area contributed by atoms with Crippen LogP contribution < -0.4 is 15.4 Å². The van der Waals surface area contributed by atoms with Gasteiger partial charge in [-0.3, -0.25) is 0 Å². The molecule has 0 aliphatic heterocycles. The Bertz CT molecular complexity index is 504. The molecule has 134 valence electrons. The summed E-state index contributed by atoms with van der Waals surface area (Å²) in [6, 6.07) is 3.96. The highest BCUT2D eigenvalue weighted by atomic mass is 16.5. The van der Waals surface area contributed by atoms with Gasteiger partial charge in [-0.2, -0.15) is 0 Å².